The molecule has 0 unspecified atom stereocenters. The summed E-state index contributed by atoms with van der Waals surface area (Å²) in [5, 5.41) is 5.68. The van der Waals surface area contributed by atoms with Crippen LogP contribution in [0.4, 0.5) is 14.9 Å². The highest BCUT2D eigenvalue weighted by Crippen LogP contribution is 2.23. The zero-order chi connectivity index (χ0) is 27.5. The maximum atomic E-state index is 13.3. The minimum atomic E-state index is -0.668. The van der Waals surface area contributed by atoms with Gasteiger partial charge in [-0.25, -0.2) is 9.79 Å². The molecule has 4 amide bonds. The van der Waals surface area contributed by atoms with Crippen molar-refractivity contribution in [3.8, 4) is 11.6 Å². The SMILES string of the molecule is CNC(=O)CCN(C)C(=O)NC(=Nc1ccc(Oc2cccc(F)n2)cc1)N(C=O)Cc1ccc(Cl)cc1. The molecule has 0 radical (unpaired) electrons. The van der Waals surface area contributed by atoms with E-state index >= 15 is 0 Å². The van der Waals surface area contributed by atoms with Gasteiger partial charge in [-0.05, 0) is 48.0 Å². The fraction of sp³-hybridized carbons (Fsp3) is 0.192. The number of benzene rings is 2. The van der Waals surface area contributed by atoms with E-state index < -0.39 is 12.0 Å². The van der Waals surface area contributed by atoms with Crippen LogP contribution in [0.1, 0.15) is 12.0 Å². The Morgan fingerprint density at radius 2 is 1.82 bits per heavy atom. The Kier molecular flexibility index (Phi) is 10.1. The molecule has 0 saturated carbocycles. The van der Waals surface area contributed by atoms with Gasteiger partial charge in [0.25, 0.3) is 0 Å². The highest BCUT2D eigenvalue weighted by Gasteiger charge is 2.18. The van der Waals surface area contributed by atoms with Crippen LogP contribution >= 0.6 is 11.6 Å². The third-order valence-corrected chi connectivity index (χ3v) is 5.42. The van der Waals surface area contributed by atoms with Crippen LogP contribution in [0.5, 0.6) is 11.6 Å². The van der Waals surface area contributed by atoms with Gasteiger partial charge in [0, 0.05) is 38.1 Å². The van der Waals surface area contributed by atoms with Crippen molar-refractivity contribution in [1.82, 2.24) is 25.4 Å². The molecule has 0 bridgehead atoms. The molecule has 0 saturated heterocycles. The Hall–Kier alpha value is -4.51. The van der Waals surface area contributed by atoms with E-state index in [1.807, 2.05) is 0 Å². The van der Waals surface area contributed by atoms with Crippen LogP contribution in [0.2, 0.25) is 5.02 Å². The molecule has 0 aliphatic carbocycles. The smallest absolute Gasteiger partial charge is 0.323 e. The molecule has 2 aromatic carbocycles. The van der Waals surface area contributed by atoms with E-state index in [2.05, 4.69) is 20.6 Å². The lowest BCUT2D eigenvalue weighted by molar-refractivity contribution is -0.120. The number of hydrogen-bond donors (Lipinski definition) is 2. The number of ether oxygens (including phenoxy) is 1. The largest absolute Gasteiger partial charge is 0.439 e. The summed E-state index contributed by atoms with van der Waals surface area (Å²) in [5.41, 5.74) is 1.15. The van der Waals surface area contributed by atoms with Crippen LogP contribution in [0.25, 0.3) is 0 Å². The number of aliphatic imine (C=N–C) groups is 1. The summed E-state index contributed by atoms with van der Waals surface area (Å²) in [6.45, 7) is 0.255. The third kappa shape index (κ3) is 8.56. The number of guanidine groups is 1. The average molecular weight is 541 g/mol. The van der Waals surface area contributed by atoms with Crippen molar-refractivity contribution in [3.05, 3.63) is 83.3 Å². The Labute approximate surface area is 224 Å². The first-order valence-electron chi connectivity index (χ1n) is 11.5. The number of halogens is 2. The number of carbonyl (C=O) groups excluding carboxylic acids is 3. The van der Waals surface area contributed by atoms with Crippen molar-refractivity contribution in [2.24, 2.45) is 4.99 Å². The van der Waals surface area contributed by atoms with Crippen molar-refractivity contribution in [1.29, 1.82) is 0 Å². The number of carbonyl (C=O) groups is 3. The zero-order valence-corrected chi connectivity index (χ0v) is 21.5. The van der Waals surface area contributed by atoms with Gasteiger partial charge < -0.3 is 15.0 Å². The summed E-state index contributed by atoms with van der Waals surface area (Å²) in [4.78, 5) is 47.1. The lowest BCUT2D eigenvalue weighted by Gasteiger charge is -2.23. The Morgan fingerprint density at radius 3 is 2.45 bits per heavy atom. The zero-order valence-electron chi connectivity index (χ0n) is 20.7. The van der Waals surface area contributed by atoms with Gasteiger partial charge in [0.05, 0.1) is 12.2 Å². The van der Waals surface area contributed by atoms with E-state index in [0.29, 0.717) is 22.9 Å². The molecule has 3 aromatic rings. The van der Waals surface area contributed by atoms with Crippen LogP contribution in [-0.2, 0) is 16.1 Å². The second-order valence-electron chi connectivity index (χ2n) is 7.96. The summed E-state index contributed by atoms with van der Waals surface area (Å²) in [5.74, 6) is -0.447. The molecule has 38 heavy (non-hydrogen) atoms. The molecule has 2 N–H and O–H groups in total. The van der Waals surface area contributed by atoms with E-state index in [-0.39, 0.29) is 37.3 Å². The number of nitrogens with zero attached hydrogens (tertiary/aromatic N) is 4. The Balaban J connectivity index is 1.82. The molecule has 0 atom stereocenters. The predicted octanol–water partition coefficient (Wildman–Crippen LogP) is 4.09. The summed E-state index contributed by atoms with van der Waals surface area (Å²) in [6.07, 6.45) is 0.655. The van der Waals surface area contributed by atoms with Crippen molar-refractivity contribution in [2.45, 2.75) is 13.0 Å². The molecule has 3 rings (SSSR count). The van der Waals surface area contributed by atoms with Gasteiger partial charge in [0.2, 0.25) is 30.1 Å². The number of rotatable bonds is 9. The minimum Gasteiger partial charge on any atom is -0.439 e. The third-order valence-electron chi connectivity index (χ3n) is 5.17. The summed E-state index contributed by atoms with van der Waals surface area (Å²) in [7, 11) is 3.03. The van der Waals surface area contributed by atoms with Gasteiger partial charge in [0.15, 0.2) is 0 Å². The van der Waals surface area contributed by atoms with E-state index in [1.54, 1.807) is 48.5 Å². The molecule has 10 nitrogen and oxygen atoms in total. The van der Waals surface area contributed by atoms with E-state index in [1.165, 1.54) is 42.1 Å². The number of nitrogens with one attached hydrogen (secondary N) is 2. The van der Waals surface area contributed by atoms with Gasteiger partial charge >= 0.3 is 6.03 Å². The quantitative estimate of drug-likeness (QED) is 0.183. The second kappa shape index (κ2) is 13.7. The van der Waals surface area contributed by atoms with Crippen LogP contribution in [0.15, 0.2) is 71.7 Å². The van der Waals surface area contributed by atoms with Crippen LogP contribution in [0, 0.1) is 5.95 Å². The number of urea groups is 1. The molecule has 0 fully saturated rings. The maximum absolute atomic E-state index is 13.3. The maximum Gasteiger partial charge on any atom is 0.323 e. The van der Waals surface area contributed by atoms with Crippen molar-refractivity contribution < 1.29 is 23.5 Å². The molecule has 0 aliphatic rings. The second-order valence-corrected chi connectivity index (χ2v) is 8.40. The first kappa shape index (κ1) is 28.1. The first-order chi connectivity index (χ1) is 18.3. The standard InChI is InChI=1S/C26H26ClFN6O4/c1-29-23(36)14-15-33(2)26(37)32-25(34(17-35)16-18-6-8-19(27)9-7-18)30-20-10-12-21(13-11-20)38-24-5-3-4-22(28)31-24/h3-13,17H,14-16H2,1-2H3,(H,29,36)(H,30,32,37). The number of hydrogen-bond acceptors (Lipinski definition) is 6. The number of pyridine rings is 1. The minimum absolute atomic E-state index is 0.0350. The van der Waals surface area contributed by atoms with Crippen molar-refractivity contribution in [2.75, 3.05) is 20.6 Å². The van der Waals surface area contributed by atoms with Gasteiger partial charge in [-0.2, -0.15) is 9.37 Å². The van der Waals surface area contributed by atoms with Crippen LogP contribution in [0.3, 0.4) is 0 Å². The highest BCUT2D eigenvalue weighted by atomic mass is 35.5. The fourth-order valence-electron chi connectivity index (χ4n) is 3.08. The number of amides is 4. The first-order valence-corrected chi connectivity index (χ1v) is 11.8. The van der Waals surface area contributed by atoms with E-state index in [0.717, 1.165) is 5.56 Å². The summed E-state index contributed by atoms with van der Waals surface area (Å²) in [6, 6.07) is 16.9. The van der Waals surface area contributed by atoms with Gasteiger partial charge in [-0.15, -0.1) is 0 Å². The van der Waals surface area contributed by atoms with Crippen LogP contribution < -0.4 is 15.4 Å². The van der Waals surface area contributed by atoms with E-state index in [4.69, 9.17) is 16.3 Å². The van der Waals surface area contributed by atoms with Crippen molar-refractivity contribution in [3.63, 3.8) is 0 Å². The molecule has 12 heteroatoms. The summed E-state index contributed by atoms with van der Waals surface area (Å²) < 4.78 is 18.9. The number of aromatic nitrogens is 1. The fourth-order valence-corrected chi connectivity index (χ4v) is 3.20. The Bertz CT molecular complexity index is 1290. The van der Waals surface area contributed by atoms with Crippen molar-refractivity contribution >= 4 is 41.6 Å². The summed E-state index contributed by atoms with van der Waals surface area (Å²) >= 11 is 5.96. The average Bonchev–Trinajstić information content (AvgIpc) is 2.91. The lowest BCUT2D eigenvalue weighted by Crippen LogP contribution is -2.48. The monoisotopic (exact) mass is 540 g/mol. The lowest BCUT2D eigenvalue weighted by atomic mass is 10.2. The van der Waals surface area contributed by atoms with Gasteiger partial charge in [0.1, 0.15) is 5.75 Å². The van der Waals surface area contributed by atoms with Gasteiger partial charge in [-0.3, -0.25) is 19.8 Å². The molecular formula is C26H26ClFN6O4. The van der Waals surface area contributed by atoms with Crippen LogP contribution in [-0.4, -0.2) is 59.7 Å². The van der Waals surface area contributed by atoms with Gasteiger partial charge in [-0.1, -0.05) is 29.8 Å². The normalized spacial score (nSPS) is 10.9. The highest BCUT2D eigenvalue weighted by molar-refractivity contribution is 6.30. The molecule has 0 aliphatic heterocycles. The Morgan fingerprint density at radius 1 is 1.11 bits per heavy atom. The molecule has 1 aromatic heterocycles. The molecular weight excluding hydrogens is 515 g/mol. The van der Waals surface area contributed by atoms with E-state index in [9.17, 15) is 18.8 Å². The predicted molar refractivity (Wildman–Crippen MR) is 141 cm³/mol. The molecule has 1 heterocycles. The molecule has 198 valence electrons. The molecule has 0 spiro atoms. The topological polar surface area (TPSA) is 116 Å².